The molecule has 0 aromatic rings. The van der Waals surface area contributed by atoms with E-state index in [1.807, 2.05) is 11.8 Å². The number of hydrogen-bond donors (Lipinski definition) is 0. The van der Waals surface area contributed by atoms with Crippen LogP contribution in [0.3, 0.4) is 0 Å². The normalized spacial score (nSPS) is 19.9. The van der Waals surface area contributed by atoms with E-state index in [0.717, 1.165) is 5.08 Å². The molecule has 0 aromatic carbocycles. The van der Waals surface area contributed by atoms with Crippen molar-refractivity contribution >= 4 is 39.8 Å². The van der Waals surface area contributed by atoms with E-state index in [1.54, 1.807) is 23.7 Å². The van der Waals surface area contributed by atoms with Gasteiger partial charge in [0.25, 0.3) is 0 Å². The Morgan fingerprint density at radius 2 is 2.71 bits per heavy atom. The zero-order chi connectivity index (χ0) is 5.11. The Bertz CT molecular complexity index is 90.2. The highest BCUT2D eigenvalue weighted by Gasteiger charge is 2.03. The third-order valence-electron chi connectivity index (χ3n) is 0.549. The molecule has 0 fully saturated rings. The van der Waals surface area contributed by atoms with Crippen molar-refractivity contribution < 1.29 is 0 Å². The zero-order valence-electron chi connectivity index (χ0n) is 3.88. The fourth-order valence-electron chi connectivity index (χ4n) is 0.278. The van der Waals surface area contributed by atoms with Gasteiger partial charge in [0.1, 0.15) is 4.38 Å². The Labute approximate surface area is 55.9 Å². The first-order chi connectivity index (χ1) is 3.43. The van der Waals surface area contributed by atoms with Crippen LogP contribution in [0.5, 0.6) is 0 Å². The average molecular weight is 151 g/mol. The van der Waals surface area contributed by atoms with Gasteiger partial charge in [-0.05, 0) is 18.2 Å². The predicted octanol–water partition coefficient (Wildman–Crippen LogP) is 2.06. The minimum Gasteiger partial charge on any atom is -0.202 e. The third-order valence-corrected chi connectivity index (χ3v) is 3.62. The van der Waals surface area contributed by atoms with Gasteiger partial charge in [-0.1, -0.05) is 11.8 Å². The molecule has 0 bridgehead atoms. The Hall–Kier alpha value is 0.720. The molecule has 0 amide bonds. The van der Waals surface area contributed by atoms with Crippen LogP contribution in [-0.2, 0) is 0 Å². The maximum atomic E-state index is 4.11. The first-order valence-electron chi connectivity index (χ1n) is 1.80. The molecule has 0 aliphatic carbocycles. The second-order valence-corrected chi connectivity index (χ2v) is 4.06. The number of hydrogen-bond acceptors (Lipinski definition) is 4. The van der Waals surface area contributed by atoms with E-state index in [4.69, 9.17) is 0 Å². The van der Waals surface area contributed by atoms with Gasteiger partial charge in [-0.3, -0.25) is 0 Å². The molecule has 0 saturated heterocycles. The van der Waals surface area contributed by atoms with Crippen LogP contribution >= 0.6 is 35.5 Å². The first kappa shape index (κ1) is 5.85. The molecule has 0 spiro atoms. The largest absolute Gasteiger partial charge is 0.202 e. The monoisotopic (exact) mass is 151 g/mol. The van der Waals surface area contributed by atoms with Gasteiger partial charge in [-0.2, -0.15) is 0 Å². The molecule has 1 aliphatic heterocycles. The highest BCUT2D eigenvalue weighted by Crippen LogP contribution is 2.29. The summed E-state index contributed by atoms with van der Waals surface area (Å²) in [5.41, 5.74) is 0. The van der Waals surface area contributed by atoms with Gasteiger partial charge in [-0.15, -0.1) is 11.8 Å². The molecule has 0 saturated carbocycles. The molecule has 1 heterocycles. The molecule has 0 atom stereocenters. The number of thioether (sulfide) groups is 2. The van der Waals surface area contributed by atoms with E-state index in [9.17, 15) is 0 Å². The summed E-state index contributed by atoms with van der Waals surface area (Å²) in [6.45, 7) is 0. The average Bonchev–Trinajstić information content (AvgIpc) is 2.14. The van der Waals surface area contributed by atoms with Crippen molar-refractivity contribution in [3.05, 3.63) is 0 Å². The van der Waals surface area contributed by atoms with E-state index < -0.39 is 0 Å². The lowest BCUT2D eigenvalue weighted by atomic mass is 11.7. The van der Waals surface area contributed by atoms with Crippen LogP contribution in [0.2, 0.25) is 0 Å². The SMILES string of the molecule is CSC1=NSCS1. The highest BCUT2D eigenvalue weighted by molar-refractivity contribution is 8.43. The van der Waals surface area contributed by atoms with Gasteiger partial charge in [-0.25, -0.2) is 4.40 Å². The molecule has 0 unspecified atom stereocenters. The molecular weight excluding hydrogens is 146 g/mol. The van der Waals surface area contributed by atoms with Crippen LogP contribution in [0.4, 0.5) is 0 Å². The molecule has 0 radical (unpaired) electrons. The molecule has 0 N–H and O–H groups in total. The summed E-state index contributed by atoms with van der Waals surface area (Å²) in [6, 6.07) is 0. The Morgan fingerprint density at radius 3 is 3.00 bits per heavy atom. The summed E-state index contributed by atoms with van der Waals surface area (Å²) >= 11 is 5.18. The van der Waals surface area contributed by atoms with Crippen molar-refractivity contribution in [2.75, 3.05) is 11.3 Å². The molecule has 7 heavy (non-hydrogen) atoms. The molecule has 4 heteroatoms. The van der Waals surface area contributed by atoms with Crippen LogP contribution in [0.25, 0.3) is 0 Å². The van der Waals surface area contributed by atoms with Gasteiger partial charge in [0.2, 0.25) is 0 Å². The number of rotatable bonds is 0. The van der Waals surface area contributed by atoms with Gasteiger partial charge < -0.3 is 0 Å². The fourth-order valence-corrected chi connectivity index (χ4v) is 2.94. The lowest BCUT2D eigenvalue weighted by Gasteiger charge is -1.83. The van der Waals surface area contributed by atoms with E-state index in [2.05, 4.69) is 10.7 Å². The van der Waals surface area contributed by atoms with Crippen LogP contribution < -0.4 is 0 Å². The Morgan fingerprint density at radius 1 is 1.86 bits per heavy atom. The molecule has 0 aromatic heterocycles. The van der Waals surface area contributed by atoms with E-state index in [-0.39, 0.29) is 0 Å². The summed E-state index contributed by atoms with van der Waals surface area (Å²) < 4.78 is 5.33. The summed E-state index contributed by atoms with van der Waals surface area (Å²) in [7, 11) is 0. The Kier molecular flexibility index (Phi) is 2.42. The van der Waals surface area contributed by atoms with Crippen molar-refractivity contribution in [1.82, 2.24) is 0 Å². The van der Waals surface area contributed by atoms with E-state index in [1.165, 1.54) is 4.38 Å². The van der Waals surface area contributed by atoms with Crippen molar-refractivity contribution in [2.45, 2.75) is 0 Å². The maximum absolute atomic E-state index is 4.11. The summed E-state index contributed by atoms with van der Waals surface area (Å²) in [5.74, 6) is 0. The molecular formula is C3H5NS3. The summed E-state index contributed by atoms with van der Waals surface area (Å²) in [5, 5.41) is 1.11. The second-order valence-electron chi connectivity index (χ2n) is 0.953. The predicted molar refractivity (Wildman–Crippen MR) is 41.0 cm³/mol. The Balaban J connectivity index is 2.36. The van der Waals surface area contributed by atoms with E-state index >= 15 is 0 Å². The lowest BCUT2D eigenvalue weighted by molar-refractivity contribution is 2.01. The maximum Gasteiger partial charge on any atom is 0.138 e. The fraction of sp³-hybridized carbons (Fsp3) is 0.667. The van der Waals surface area contributed by atoms with Gasteiger partial charge >= 0.3 is 0 Å². The quantitative estimate of drug-likeness (QED) is 0.492. The summed E-state index contributed by atoms with van der Waals surface area (Å²) in [4.78, 5) is 0. The second kappa shape index (κ2) is 2.89. The lowest BCUT2D eigenvalue weighted by Crippen LogP contribution is -1.72. The molecule has 1 rings (SSSR count). The van der Waals surface area contributed by atoms with Gasteiger partial charge in [0, 0.05) is 0 Å². The molecule has 1 nitrogen and oxygen atoms in total. The smallest absolute Gasteiger partial charge is 0.138 e. The third kappa shape index (κ3) is 1.58. The van der Waals surface area contributed by atoms with Crippen molar-refractivity contribution in [1.29, 1.82) is 0 Å². The standard InChI is InChI=1S/C3H5NS3/c1-5-3-4-7-2-6-3/h2H2,1H3. The van der Waals surface area contributed by atoms with Crippen molar-refractivity contribution in [2.24, 2.45) is 4.40 Å². The first-order valence-corrected chi connectivity index (χ1v) is 4.95. The van der Waals surface area contributed by atoms with Crippen LogP contribution in [-0.4, -0.2) is 15.7 Å². The topological polar surface area (TPSA) is 12.4 Å². The van der Waals surface area contributed by atoms with E-state index in [0.29, 0.717) is 0 Å². The van der Waals surface area contributed by atoms with Crippen molar-refractivity contribution in [3.8, 4) is 0 Å². The van der Waals surface area contributed by atoms with Crippen LogP contribution in [0, 0.1) is 0 Å². The minimum absolute atomic E-state index is 1.11. The summed E-state index contributed by atoms with van der Waals surface area (Å²) in [6.07, 6.45) is 2.05. The van der Waals surface area contributed by atoms with Gasteiger partial charge in [0.05, 0.1) is 5.08 Å². The van der Waals surface area contributed by atoms with Gasteiger partial charge in [0.15, 0.2) is 0 Å². The zero-order valence-corrected chi connectivity index (χ0v) is 6.33. The number of nitrogens with zero attached hydrogens (tertiary/aromatic N) is 1. The van der Waals surface area contributed by atoms with Crippen molar-refractivity contribution in [3.63, 3.8) is 0 Å². The molecule has 40 valence electrons. The molecule has 1 aliphatic rings. The highest BCUT2D eigenvalue weighted by atomic mass is 32.2. The minimum atomic E-state index is 1.11. The van der Waals surface area contributed by atoms with Crippen LogP contribution in [0.15, 0.2) is 4.40 Å². The van der Waals surface area contributed by atoms with Crippen LogP contribution in [0.1, 0.15) is 0 Å².